The zero-order valence-corrected chi connectivity index (χ0v) is 11.2. The molecule has 1 atom stereocenters. The van der Waals surface area contributed by atoms with Gasteiger partial charge in [0, 0.05) is 45.1 Å². The van der Waals surface area contributed by atoms with E-state index in [2.05, 4.69) is 38.7 Å². The van der Waals surface area contributed by atoms with E-state index >= 15 is 0 Å². The largest absolute Gasteiger partial charge is 0.323 e. The Labute approximate surface area is 108 Å². The van der Waals surface area contributed by atoms with Crippen molar-refractivity contribution >= 4 is 5.95 Å². The minimum absolute atomic E-state index is 0.0539. The molecule has 1 aromatic heterocycles. The van der Waals surface area contributed by atoms with Crippen LogP contribution in [0.25, 0.3) is 0 Å². The monoisotopic (exact) mass is 250 g/mol. The number of nitrogens with two attached hydrogens (primary N) is 1. The average molecular weight is 250 g/mol. The molecule has 0 bridgehead atoms. The second kappa shape index (κ2) is 6.08. The maximum atomic E-state index is 6.23. The fourth-order valence-electron chi connectivity index (χ4n) is 2.36. The van der Waals surface area contributed by atoms with Gasteiger partial charge >= 0.3 is 0 Å². The zero-order valence-electron chi connectivity index (χ0n) is 11.2. The van der Waals surface area contributed by atoms with Crippen LogP contribution in [0.5, 0.6) is 0 Å². The molecule has 0 aliphatic carbocycles. The molecule has 0 saturated carbocycles. The Hall–Kier alpha value is -1.24. The van der Waals surface area contributed by atoms with Crippen LogP contribution in [0.4, 0.5) is 5.95 Å². The molecule has 0 aromatic carbocycles. The van der Waals surface area contributed by atoms with Crippen LogP contribution in [-0.4, -0.2) is 58.9 Å². The van der Waals surface area contributed by atoms with Crippen molar-refractivity contribution < 1.29 is 0 Å². The summed E-state index contributed by atoms with van der Waals surface area (Å²) in [7, 11) is 0. The normalized spacial score (nSPS) is 21.6. The third-order valence-corrected chi connectivity index (χ3v) is 3.34. The van der Waals surface area contributed by atoms with E-state index in [1.54, 1.807) is 12.4 Å². The number of hydrazine groups is 1. The van der Waals surface area contributed by atoms with E-state index in [9.17, 15) is 0 Å². The first kappa shape index (κ1) is 13.2. The number of hydrogen-bond acceptors (Lipinski definition) is 6. The van der Waals surface area contributed by atoms with Crippen molar-refractivity contribution in [2.45, 2.75) is 20.0 Å². The molecular formula is C12H22N6. The van der Waals surface area contributed by atoms with E-state index in [0.29, 0.717) is 0 Å². The minimum atomic E-state index is -0.0539. The Morgan fingerprint density at radius 1 is 1.28 bits per heavy atom. The van der Waals surface area contributed by atoms with Gasteiger partial charge in [-0.1, -0.05) is 13.8 Å². The summed E-state index contributed by atoms with van der Waals surface area (Å²) in [6, 6.07) is 1.82. The van der Waals surface area contributed by atoms with Gasteiger partial charge in [0.1, 0.15) is 0 Å². The van der Waals surface area contributed by atoms with E-state index in [4.69, 9.17) is 5.73 Å². The molecule has 2 rings (SSSR count). The standard InChI is InChI=1S/C12H22N6/c1-3-16(4-2)17-8-9-18(11(13)10-17)12-14-6-5-7-15-12/h5-7,11H,3-4,8-10,13H2,1-2H3. The lowest BCUT2D eigenvalue weighted by atomic mass is 10.3. The van der Waals surface area contributed by atoms with Crippen LogP contribution in [0.1, 0.15) is 13.8 Å². The number of nitrogens with zero attached hydrogens (tertiary/aromatic N) is 5. The first-order valence-electron chi connectivity index (χ1n) is 6.55. The van der Waals surface area contributed by atoms with Crippen LogP contribution in [0.15, 0.2) is 18.5 Å². The van der Waals surface area contributed by atoms with Crippen LogP contribution < -0.4 is 10.6 Å². The summed E-state index contributed by atoms with van der Waals surface area (Å²) >= 11 is 0. The lowest BCUT2D eigenvalue weighted by Gasteiger charge is -2.43. The van der Waals surface area contributed by atoms with E-state index in [-0.39, 0.29) is 6.17 Å². The first-order chi connectivity index (χ1) is 8.76. The van der Waals surface area contributed by atoms with E-state index in [1.165, 1.54) is 0 Å². The highest BCUT2D eigenvalue weighted by atomic mass is 15.6. The molecule has 1 aliphatic rings. The van der Waals surface area contributed by atoms with E-state index in [0.717, 1.165) is 38.7 Å². The fraction of sp³-hybridized carbons (Fsp3) is 0.667. The van der Waals surface area contributed by atoms with Crippen molar-refractivity contribution in [3.05, 3.63) is 18.5 Å². The molecule has 6 nitrogen and oxygen atoms in total. The summed E-state index contributed by atoms with van der Waals surface area (Å²) in [4.78, 5) is 10.6. The van der Waals surface area contributed by atoms with Crippen molar-refractivity contribution in [3.63, 3.8) is 0 Å². The Morgan fingerprint density at radius 2 is 1.94 bits per heavy atom. The topological polar surface area (TPSA) is 61.5 Å². The summed E-state index contributed by atoms with van der Waals surface area (Å²) in [5.41, 5.74) is 6.23. The number of rotatable bonds is 4. The Kier molecular flexibility index (Phi) is 4.46. The zero-order chi connectivity index (χ0) is 13.0. The van der Waals surface area contributed by atoms with Gasteiger partial charge in [0.15, 0.2) is 0 Å². The Bertz CT molecular complexity index is 353. The third-order valence-electron chi connectivity index (χ3n) is 3.34. The number of aromatic nitrogens is 2. The van der Waals surface area contributed by atoms with Gasteiger partial charge in [-0.25, -0.2) is 20.0 Å². The van der Waals surface area contributed by atoms with Crippen LogP contribution in [0, 0.1) is 0 Å². The second-order valence-corrected chi connectivity index (χ2v) is 4.36. The molecule has 6 heteroatoms. The molecule has 100 valence electrons. The summed E-state index contributed by atoms with van der Waals surface area (Å²) in [5.74, 6) is 0.726. The van der Waals surface area contributed by atoms with Crippen LogP contribution in [0.3, 0.4) is 0 Å². The molecule has 1 fully saturated rings. The molecule has 0 spiro atoms. The smallest absolute Gasteiger partial charge is 0.226 e. The van der Waals surface area contributed by atoms with E-state index in [1.807, 2.05) is 6.07 Å². The Morgan fingerprint density at radius 3 is 2.50 bits per heavy atom. The van der Waals surface area contributed by atoms with Gasteiger partial charge in [0.05, 0.1) is 6.17 Å². The van der Waals surface area contributed by atoms with Crippen molar-refractivity contribution in [2.24, 2.45) is 5.73 Å². The molecule has 2 N–H and O–H groups in total. The maximum absolute atomic E-state index is 6.23. The Balaban J connectivity index is 2.01. The molecule has 1 unspecified atom stereocenters. The SMILES string of the molecule is CCN(CC)N1CCN(c2ncccn2)C(N)C1. The molecular weight excluding hydrogens is 228 g/mol. The quantitative estimate of drug-likeness (QED) is 0.820. The van der Waals surface area contributed by atoms with Gasteiger partial charge in [0.2, 0.25) is 5.95 Å². The number of anilines is 1. The predicted molar refractivity (Wildman–Crippen MR) is 71.8 cm³/mol. The van der Waals surface area contributed by atoms with Crippen molar-refractivity contribution in [2.75, 3.05) is 37.6 Å². The number of piperazine rings is 1. The molecule has 1 aliphatic heterocycles. The van der Waals surface area contributed by atoms with Crippen LogP contribution >= 0.6 is 0 Å². The fourth-order valence-corrected chi connectivity index (χ4v) is 2.36. The molecule has 0 radical (unpaired) electrons. The molecule has 2 heterocycles. The molecule has 0 amide bonds. The molecule has 1 aromatic rings. The summed E-state index contributed by atoms with van der Waals surface area (Å²) < 4.78 is 0. The van der Waals surface area contributed by atoms with Gasteiger partial charge in [-0.3, -0.25) is 0 Å². The number of hydrogen-bond donors (Lipinski definition) is 1. The summed E-state index contributed by atoms with van der Waals surface area (Å²) in [6.07, 6.45) is 3.46. The lowest BCUT2D eigenvalue weighted by molar-refractivity contribution is -0.0305. The predicted octanol–water partition coefficient (Wildman–Crippen LogP) is 0.140. The van der Waals surface area contributed by atoms with Crippen LogP contribution in [-0.2, 0) is 0 Å². The van der Waals surface area contributed by atoms with E-state index < -0.39 is 0 Å². The van der Waals surface area contributed by atoms with Gasteiger partial charge in [-0.05, 0) is 6.07 Å². The van der Waals surface area contributed by atoms with Gasteiger partial charge in [0.25, 0.3) is 0 Å². The molecule has 1 saturated heterocycles. The highest BCUT2D eigenvalue weighted by Crippen LogP contribution is 2.14. The van der Waals surface area contributed by atoms with Crippen molar-refractivity contribution in [1.82, 2.24) is 20.0 Å². The minimum Gasteiger partial charge on any atom is -0.323 e. The van der Waals surface area contributed by atoms with Gasteiger partial charge in [-0.2, -0.15) is 0 Å². The first-order valence-corrected chi connectivity index (χ1v) is 6.55. The lowest BCUT2D eigenvalue weighted by Crippen LogP contribution is -2.61. The second-order valence-electron chi connectivity index (χ2n) is 4.36. The highest BCUT2D eigenvalue weighted by molar-refractivity contribution is 5.31. The molecule has 18 heavy (non-hydrogen) atoms. The van der Waals surface area contributed by atoms with Crippen LogP contribution in [0.2, 0.25) is 0 Å². The summed E-state index contributed by atoms with van der Waals surface area (Å²) in [6.45, 7) is 9.02. The summed E-state index contributed by atoms with van der Waals surface area (Å²) in [5, 5.41) is 4.65. The van der Waals surface area contributed by atoms with Gasteiger partial charge in [-0.15, -0.1) is 0 Å². The van der Waals surface area contributed by atoms with Crippen molar-refractivity contribution in [1.29, 1.82) is 0 Å². The highest BCUT2D eigenvalue weighted by Gasteiger charge is 2.27. The third kappa shape index (κ3) is 2.77. The maximum Gasteiger partial charge on any atom is 0.226 e. The van der Waals surface area contributed by atoms with Gasteiger partial charge < -0.3 is 10.6 Å². The van der Waals surface area contributed by atoms with Crippen molar-refractivity contribution in [3.8, 4) is 0 Å². The average Bonchev–Trinajstić information content (AvgIpc) is 2.41.